The molecule has 4 nitrogen and oxygen atoms in total. The molecule has 0 saturated heterocycles. The number of ether oxygens (including phenoxy) is 3. The first kappa shape index (κ1) is 15.6. The summed E-state index contributed by atoms with van der Waals surface area (Å²) in [4.78, 5) is 11.5. The number of esters is 1. The van der Waals surface area contributed by atoms with Crippen LogP contribution in [0.3, 0.4) is 0 Å². The zero-order valence-corrected chi connectivity index (χ0v) is 12.0. The second kappa shape index (κ2) is 8.64. The van der Waals surface area contributed by atoms with Crippen LogP contribution in [0.2, 0.25) is 0 Å². The maximum atomic E-state index is 11.5. The van der Waals surface area contributed by atoms with Crippen molar-refractivity contribution in [2.45, 2.75) is 26.7 Å². The zero-order chi connectivity index (χ0) is 14.1. The molecule has 1 aromatic rings. The van der Waals surface area contributed by atoms with Crippen LogP contribution in [0, 0.1) is 0 Å². The minimum Gasteiger partial charge on any atom is -0.494 e. The summed E-state index contributed by atoms with van der Waals surface area (Å²) in [5.74, 6) is 1.80. The molecule has 0 spiro atoms. The van der Waals surface area contributed by atoms with E-state index in [1.807, 2.05) is 13.8 Å². The summed E-state index contributed by atoms with van der Waals surface area (Å²) in [5, 5.41) is 0. The molecule has 19 heavy (non-hydrogen) atoms. The molecule has 0 amide bonds. The van der Waals surface area contributed by atoms with Gasteiger partial charge in [0.2, 0.25) is 0 Å². The Bertz CT molecular complexity index is 382. The molecule has 0 unspecified atom stereocenters. The van der Waals surface area contributed by atoms with Gasteiger partial charge in [-0.25, -0.2) is 0 Å². The van der Waals surface area contributed by atoms with Crippen molar-refractivity contribution < 1.29 is 19.0 Å². The van der Waals surface area contributed by atoms with E-state index in [1.165, 1.54) is 0 Å². The van der Waals surface area contributed by atoms with Gasteiger partial charge in [0.15, 0.2) is 0 Å². The predicted molar refractivity (Wildman–Crippen MR) is 74.4 cm³/mol. The molecule has 0 heterocycles. The minimum atomic E-state index is -0.309. The molecule has 0 aliphatic carbocycles. The Hall–Kier alpha value is -1.42. The van der Waals surface area contributed by atoms with Crippen LogP contribution in [0.15, 0.2) is 18.2 Å². The van der Waals surface area contributed by atoms with E-state index in [0.29, 0.717) is 49.2 Å². The normalized spacial score (nSPS) is 10.1. The van der Waals surface area contributed by atoms with Crippen LogP contribution in [-0.4, -0.2) is 25.1 Å². The Labute approximate surface area is 118 Å². The molecule has 1 aromatic carbocycles. The van der Waals surface area contributed by atoms with E-state index in [9.17, 15) is 4.79 Å². The smallest absolute Gasteiger partial charge is 0.311 e. The molecule has 0 aliphatic rings. The van der Waals surface area contributed by atoms with E-state index in [0.717, 1.165) is 0 Å². The Balaban J connectivity index is 2.77. The van der Waals surface area contributed by atoms with Gasteiger partial charge in [-0.2, -0.15) is 0 Å². The van der Waals surface area contributed by atoms with Crippen molar-refractivity contribution in [1.29, 1.82) is 0 Å². The number of hydrogen-bond acceptors (Lipinski definition) is 4. The van der Waals surface area contributed by atoms with Gasteiger partial charge in [0.25, 0.3) is 0 Å². The highest BCUT2D eigenvalue weighted by atomic mass is 35.5. The van der Waals surface area contributed by atoms with Crippen molar-refractivity contribution in [3.8, 4) is 17.2 Å². The van der Waals surface area contributed by atoms with E-state index in [-0.39, 0.29) is 5.97 Å². The number of rotatable bonds is 8. The lowest BCUT2D eigenvalue weighted by Gasteiger charge is -2.10. The van der Waals surface area contributed by atoms with E-state index < -0.39 is 0 Å². The van der Waals surface area contributed by atoms with Gasteiger partial charge in [0.05, 0.1) is 13.2 Å². The summed E-state index contributed by atoms with van der Waals surface area (Å²) in [6.07, 6.45) is 0.899. The fourth-order valence-corrected chi connectivity index (χ4v) is 1.63. The molecule has 0 saturated carbocycles. The van der Waals surface area contributed by atoms with Crippen molar-refractivity contribution in [2.24, 2.45) is 0 Å². The number of carbonyl (C=O) groups excluding carboxylic acids is 1. The Morgan fingerprint density at radius 3 is 2.05 bits per heavy atom. The summed E-state index contributed by atoms with van der Waals surface area (Å²) in [6.45, 7) is 4.85. The molecule has 106 valence electrons. The van der Waals surface area contributed by atoms with Crippen LogP contribution in [0.1, 0.15) is 26.7 Å². The van der Waals surface area contributed by atoms with E-state index in [2.05, 4.69) is 0 Å². The van der Waals surface area contributed by atoms with Crippen LogP contribution in [-0.2, 0) is 4.79 Å². The summed E-state index contributed by atoms with van der Waals surface area (Å²) in [7, 11) is 0. The number of benzene rings is 1. The zero-order valence-electron chi connectivity index (χ0n) is 11.3. The summed E-state index contributed by atoms with van der Waals surface area (Å²) >= 11 is 5.53. The number of carbonyl (C=O) groups is 1. The standard InChI is InChI=1S/C14H19ClO4/c1-3-17-11-8-12(18-4-2)10-13(9-11)19-14(16)6-5-7-15/h8-10H,3-7H2,1-2H3. The van der Waals surface area contributed by atoms with Gasteiger partial charge in [-0.3, -0.25) is 4.79 Å². The van der Waals surface area contributed by atoms with Crippen molar-refractivity contribution in [3.63, 3.8) is 0 Å². The van der Waals surface area contributed by atoms with Crippen molar-refractivity contribution in [1.82, 2.24) is 0 Å². The predicted octanol–water partition coefficient (Wildman–Crippen LogP) is 3.41. The first-order chi connectivity index (χ1) is 9.19. The lowest BCUT2D eigenvalue weighted by Crippen LogP contribution is -2.08. The van der Waals surface area contributed by atoms with Crippen LogP contribution >= 0.6 is 11.6 Å². The SMILES string of the molecule is CCOc1cc(OCC)cc(OC(=O)CCCCl)c1. The number of alkyl halides is 1. The van der Waals surface area contributed by atoms with E-state index >= 15 is 0 Å². The molecule has 0 aromatic heterocycles. The maximum Gasteiger partial charge on any atom is 0.311 e. The summed E-state index contributed by atoms with van der Waals surface area (Å²) in [5.41, 5.74) is 0. The quantitative estimate of drug-likeness (QED) is 0.417. The fraction of sp³-hybridized carbons (Fsp3) is 0.500. The van der Waals surface area contributed by atoms with Crippen LogP contribution in [0.4, 0.5) is 0 Å². The van der Waals surface area contributed by atoms with Gasteiger partial charge in [0.1, 0.15) is 17.2 Å². The average Bonchev–Trinajstić information content (AvgIpc) is 2.37. The topological polar surface area (TPSA) is 44.8 Å². The third-order valence-electron chi connectivity index (χ3n) is 2.22. The van der Waals surface area contributed by atoms with Gasteiger partial charge in [-0.15, -0.1) is 11.6 Å². The minimum absolute atomic E-state index is 0.298. The Kier molecular flexibility index (Phi) is 7.11. The molecule has 5 heteroatoms. The highest BCUT2D eigenvalue weighted by Gasteiger charge is 2.08. The molecule has 0 aliphatic heterocycles. The number of hydrogen-bond donors (Lipinski definition) is 0. The largest absolute Gasteiger partial charge is 0.494 e. The molecule has 1 rings (SSSR count). The highest BCUT2D eigenvalue weighted by Crippen LogP contribution is 2.28. The summed E-state index contributed by atoms with van der Waals surface area (Å²) in [6, 6.07) is 5.11. The Morgan fingerprint density at radius 1 is 1.05 bits per heavy atom. The van der Waals surface area contributed by atoms with Crippen molar-refractivity contribution in [2.75, 3.05) is 19.1 Å². The molecule has 0 radical (unpaired) electrons. The lowest BCUT2D eigenvalue weighted by atomic mass is 10.3. The second-order valence-electron chi connectivity index (χ2n) is 3.77. The first-order valence-electron chi connectivity index (χ1n) is 6.37. The van der Waals surface area contributed by atoms with Crippen molar-refractivity contribution in [3.05, 3.63) is 18.2 Å². The second-order valence-corrected chi connectivity index (χ2v) is 4.15. The number of halogens is 1. The fourth-order valence-electron chi connectivity index (χ4n) is 1.50. The van der Waals surface area contributed by atoms with Gasteiger partial charge in [0, 0.05) is 30.5 Å². The monoisotopic (exact) mass is 286 g/mol. The van der Waals surface area contributed by atoms with Gasteiger partial charge in [-0.05, 0) is 20.3 Å². The molecule has 0 fully saturated rings. The molecule has 0 bridgehead atoms. The van der Waals surface area contributed by atoms with Gasteiger partial charge >= 0.3 is 5.97 Å². The Morgan fingerprint density at radius 2 is 1.58 bits per heavy atom. The maximum absolute atomic E-state index is 11.5. The molecule has 0 atom stereocenters. The third-order valence-corrected chi connectivity index (χ3v) is 2.49. The van der Waals surface area contributed by atoms with Crippen LogP contribution in [0.25, 0.3) is 0 Å². The van der Waals surface area contributed by atoms with Crippen LogP contribution in [0.5, 0.6) is 17.2 Å². The highest BCUT2D eigenvalue weighted by molar-refractivity contribution is 6.17. The molecular weight excluding hydrogens is 268 g/mol. The average molecular weight is 287 g/mol. The van der Waals surface area contributed by atoms with Gasteiger partial charge in [-0.1, -0.05) is 0 Å². The van der Waals surface area contributed by atoms with Gasteiger partial charge < -0.3 is 14.2 Å². The first-order valence-corrected chi connectivity index (χ1v) is 6.90. The lowest BCUT2D eigenvalue weighted by molar-refractivity contribution is -0.134. The summed E-state index contributed by atoms with van der Waals surface area (Å²) < 4.78 is 16.0. The van der Waals surface area contributed by atoms with Crippen molar-refractivity contribution >= 4 is 17.6 Å². The van der Waals surface area contributed by atoms with E-state index in [1.54, 1.807) is 18.2 Å². The van der Waals surface area contributed by atoms with Crippen LogP contribution < -0.4 is 14.2 Å². The molecular formula is C14H19ClO4. The van der Waals surface area contributed by atoms with E-state index in [4.69, 9.17) is 25.8 Å². The third kappa shape index (κ3) is 5.83. The molecule has 0 N–H and O–H groups in total.